The van der Waals surface area contributed by atoms with Gasteiger partial charge in [-0.2, -0.15) is 18.3 Å². The van der Waals surface area contributed by atoms with Crippen LogP contribution in [0, 0.1) is 0 Å². The normalized spacial score (nSPS) is 14.6. The molecule has 0 unspecified atom stereocenters. The smallest absolute Gasteiger partial charge is 0.416 e. The summed E-state index contributed by atoms with van der Waals surface area (Å²) in [4.78, 5) is 6.17. The predicted octanol–water partition coefficient (Wildman–Crippen LogP) is 3.97. The van der Waals surface area contributed by atoms with Gasteiger partial charge in [0.2, 0.25) is 5.88 Å². The second-order valence-electron chi connectivity index (χ2n) is 7.07. The molecule has 29 heavy (non-hydrogen) atoms. The molecule has 0 aliphatic carbocycles. The molecule has 152 valence electrons. The fourth-order valence-corrected chi connectivity index (χ4v) is 3.73. The average Bonchev–Trinajstić information content (AvgIpc) is 3.02. The minimum atomic E-state index is -4.35. The molecule has 0 atom stereocenters. The Labute approximate surface area is 166 Å². The van der Waals surface area contributed by atoms with Gasteiger partial charge in [-0.25, -0.2) is 4.98 Å². The van der Waals surface area contributed by atoms with E-state index in [-0.39, 0.29) is 13.2 Å². The third kappa shape index (κ3) is 4.27. The second kappa shape index (κ2) is 7.87. The lowest BCUT2D eigenvalue weighted by Crippen LogP contribution is -2.31. The zero-order valence-electron chi connectivity index (χ0n) is 16.0. The molecule has 0 spiro atoms. The second-order valence-corrected chi connectivity index (χ2v) is 7.07. The van der Waals surface area contributed by atoms with Crippen LogP contribution in [-0.4, -0.2) is 26.2 Å². The maximum atomic E-state index is 13.3. The van der Waals surface area contributed by atoms with Gasteiger partial charge in [0.25, 0.3) is 0 Å². The Bertz CT molecular complexity index is 985. The number of hydrogen-bond acceptors (Lipinski definition) is 4. The minimum absolute atomic E-state index is 0.241. The fraction of sp³-hybridized carbons (Fsp3) is 0.333. The van der Waals surface area contributed by atoms with Crippen molar-refractivity contribution in [2.45, 2.75) is 32.3 Å². The molecule has 0 bridgehead atoms. The quantitative estimate of drug-likeness (QED) is 0.648. The maximum Gasteiger partial charge on any atom is 0.416 e. The topological polar surface area (TPSA) is 43.2 Å². The standard InChI is InChI=1S/C21H21F3N4O/c1-27-19-9-11-28(12-15-6-2-3-7-17(15)21(22,23)24)13-16(19)18(26-27)14-29-20-8-4-5-10-25-20/h2-8,10H,9,11-14H2,1H3. The number of ether oxygens (including phenoxy) is 1. The Morgan fingerprint density at radius 3 is 2.66 bits per heavy atom. The van der Waals surface area contributed by atoms with Gasteiger partial charge in [0.05, 0.1) is 5.56 Å². The van der Waals surface area contributed by atoms with Crippen molar-refractivity contribution in [2.24, 2.45) is 7.05 Å². The van der Waals surface area contributed by atoms with Crippen LogP contribution < -0.4 is 4.74 Å². The van der Waals surface area contributed by atoms with Crippen molar-refractivity contribution >= 4 is 0 Å². The first-order chi connectivity index (χ1) is 13.9. The summed E-state index contributed by atoms with van der Waals surface area (Å²) in [5.41, 5.74) is 2.64. The molecule has 0 radical (unpaired) electrons. The molecular formula is C21H21F3N4O. The third-order valence-electron chi connectivity index (χ3n) is 5.12. The van der Waals surface area contributed by atoms with Crippen LogP contribution in [-0.2, 0) is 39.3 Å². The van der Waals surface area contributed by atoms with Gasteiger partial charge in [0.1, 0.15) is 12.3 Å². The number of pyridine rings is 1. The Morgan fingerprint density at radius 1 is 1.10 bits per heavy atom. The summed E-state index contributed by atoms with van der Waals surface area (Å²) >= 11 is 0. The highest BCUT2D eigenvalue weighted by Gasteiger charge is 2.34. The van der Waals surface area contributed by atoms with E-state index >= 15 is 0 Å². The van der Waals surface area contributed by atoms with Gasteiger partial charge in [-0.05, 0) is 17.7 Å². The van der Waals surface area contributed by atoms with Crippen LogP contribution in [0.1, 0.15) is 28.1 Å². The van der Waals surface area contributed by atoms with Crippen molar-refractivity contribution in [3.8, 4) is 5.88 Å². The van der Waals surface area contributed by atoms with Crippen LogP contribution >= 0.6 is 0 Å². The van der Waals surface area contributed by atoms with Crippen LogP contribution in [0.15, 0.2) is 48.7 Å². The summed E-state index contributed by atoms with van der Waals surface area (Å²) in [6.45, 7) is 1.73. The molecule has 0 saturated carbocycles. The number of halogens is 3. The monoisotopic (exact) mass is 402 g/mol. The summed E-state index contributed by atoms with van der Waals surface area (Å²) in [5.74, 6) is 0.513. The summed E-state index contributed by atoms with van der Waals surface area (Å²) in [7, 11) is 1.89. The highest BCUT2D eigenvalue weighted by Crippen LogP contribution is 2.33. The number of nitrogens with zero attached hydrogens (tertiary/aromatic N) is 4. The van der Waals surface area contributed by atoms with Gasteiger partial charge in [0.15, 0.2) is 0 Å². The van der Waals surface area contributed by atoms with Crippen molar-refractivity contribution in [3.05, 3.63) is 76.7 Å². The van der Waals surface area contributed by atoms with Crippen molar-refractivity contribution in [3.63, 3.8) is 0 Å². The van der Waals surface area contributed by atoms with E-state index in [0.29, 0.717) is 24.5 Å². The third-order valence-corrected chi connectivity index (χ3v) is 5.12. The van der Waals surface area contributed by atoms with Gasteiger partial charge in [-0.1, -0.05) is 24.3 Å². The molecule has 2 aromatic heterocycles. The van der Waals surface area contributed by atoms with Crippen LogP contribution in [0.3, 0.4) is 0 Å². The first-order valence-electron chi connectivity index (χ1n) is 9.36. The van der Waals surface area contributed by atoms with E-state index in [2.05, 4.69) is 10.1 Å². The van der Waals surface area contributed by atoms with Gasteiger partial charge in [-0.15, -0.1) is 0 Å². The maximum absolute atomic E-state index is 13.3. The Morgan fingerprint density at radius 2 is 1.90 bits per heavy atom. The number of alkyl halides is 3. The van der Waals surface area contributed by atoms with E-state index in [1.165, 1.54) is 6.07 Å². The number of benzene rings is 1. The SMILES string of the molecule is Cn1nc(COc2ccccn2)c2c1CCN(Cc1ccccc1C(F)(F)F)C2. The number of aryl methyl sites for hydroxylation is 1. The predicted molar refractivity (Wildman–Crippen MR) is 101 cm³/mol. The Kier molecular flexibility index (Phi) is 5.27. The van der Waals surface area contributed by atoms with Gasteiger partial charge >= 0.3 is 6.18 Å². The number of rotatable bonds is 5. The van der Waals surface area contributed by atoms with Crippen LogP contribution in [0.2, 0.25) is 0 Å². The highest BCUT2D eigenvalue weighted by molar-refractivity contribution is 5.32. The van der Waals surface area contributed by atoms with E-state index in [1.54, 1.807) is 24.4 Å². The van der Waals surface area contributed by atoms with Gasteiger partial charge in [0, 0.05) is 56.6 Å². The van der Waals surface area contributed by atoms with Crippen LogP contribution in [0.5, 0.6) is 5.88 Å². The molecule has 0 saturated heterocycles. The van der Waals surface area contributed by atoms with Crippen LogP contribution in [0.4, 0.5) is 13.2 Å². The van der Waals surface area contributed by atoms with Crippen molar-refractivity contribution in [2.75, 3.05) is 6.54 Å². The molecule has 1 aromatic carbocycles. The van der Waals surface area contributed by atoms with E-state index in [9.17, 15) is 13.2 Å². The van der Waals surface area contributed by atoms with Crippen molar-refractivity contribution in [1.29, 1.82) is 0 Å². The lowest BCUT2D eigenvalue weighted by molar-refractivity contribution is -0.138. The van der Waals surface area contributed by atoms with Gasteiger partial charge < -0.3 is 4.74 Å². The summed E-state index contributed by atoms with van der Waals surface area (Å²) < 4.78 is 47.5. The number of aromatic nitrogens is 3. The van der Waals surface area contributed by atoms with E-state index in [0.717, 1.165) is 29.4 Å². The first-order valence-corrected chi connectivity index (χ1v) is 9.36. The van der Waals surface area contributed by atoms with E-state index in [4.69, 9.17) is 4.74 Å². The Hall–Kier alpha value is -2.87. The Balaban J connectivity index is 1.51. The molecule has 3 aromatic rings. The lowest BCUT2D eigenvalue weighted by atomic mass is 10.0. The molecule has 8 heteroatoms. The number of hydrogen-bond donors (Lipinski definition) is 0. The molecule has 4 rings (SSSR count). The molecule has 1 aliphatic heterocycles. The van der Waals surface area contributed by atoms with Crippen LogP contribution in [0.25, 0.3) is 0 Å². The molecule has 1 aliphatic rings. The molecule has 5 nitrogen and oxygen atoms in total. The molecule has 0 N–H and O–H groups in total. The first kappa shape index (κ1) is 19.4. The number of fused-ring (bicyclic) bond motifs is 1. The zero-order chi connectivity index (χ0) is 20.4. The summed E-state index contributed by atoms with van der Waals surface area (Å²) in [6.07, 6.45) is -1.97. The van der Waals surface area contributed by atoms with Crippen molar-refractivity contribution in [1.82, 2.24) is 19.7 Å². The summed E-state index contributed by atoms with van der Waals surface area (Å²) in [6, 6.07) is 11.2. The van der Waals surface area contributed by atoms with E-state index in [1.807, 2.05) is 28.8 Å². The minimum Gasteiger partial charge on any atom is -0.471 e. The lowest BCUT2D eigenvalue weighted by Gasteiger charge is -2.28. The molecule has 0 amide bonds. The molecule has 3 heterocycles. The van der Waals surface area contributed by atoms with Gasteiger partial charge in [-0.3, -0.25) is 9.58 Å². The highest BCUT2D eigenvalue weighted by atomic mass is 19.4. The fourth-order valence-electron chi connectivity index (χ4n) is 3.73. The molecule has 0 fully saturated rings. The van der Waals surface area contributed by atoms with E-state index < -0.39 is 11.7 Å². The van der Waals surface area contributed by atoms with Crippen molar-refractivity contribution < 1.29 is 17.9 Å². The summed E-state index contributed by atoms with van der Waals surface area (Å²) in [5, 5.41) is 4.56. The average molecular weight is 402 g/mol. The molecular weight excluding hydrogens is 381 g/mol. The zero-order valence-corrected chi connectivity index (χ0v) is 16.0. The largest absolute Gasteiger partial charge is 0.471 e.